The van der Waals surface area contributed by atoms with Gasteiger partial charge in [0.05, 0.1) is 0 Å². The van der Waals surface area contributed by atoms with E-state index in [-0.39, 0.29) is 5.91 Å². The van der Waals surface area contributed by atoms with Gasteiger partial charge in [-0.2, -0.15) is 0 Å². The molecule has 0 atom stereocenters. The van der Waals surface area contributed by atoms with Crippen molar-refractivity contribution in [2.45, 2.75) is 19.3 Å². The number of carboxylic acid groups (broad SMARTS) is 1. The molecule has 1 aliphatic carbocycles. The van der Waals surface area contributed by atoms with Gasteiger partial charge < -0.3 is 10.4 Å². The maximum absolute atomic E-state index is 10.9. The molecule has 1 saturated carbocycles. The molecule has 1 amide bonds. The van der Waals surface area contributed by atoms with Gasteiger partial charge in [0.25, 0.3) is 0 Å². The topological polar surface area (TPSA) is 66.4 Å². The molecule has 0 aromatic rings. The van der Waals surface area contributed by atoms with Gasteiger partial charge in [0, 0.05) is 18.7 Å². The summed E-state index contributed by atoms with van der Waals surface area (Å²) in [6, 6.07) is 0. The van der Waals surface area contributed by atoms with Crippen molar-refractivity contribution in [3.8, 4) is 0 Å². The van der Waals surface area contributed by atoms with Crippen LogP contribution in [0.25, 0.3) is 0 Å². The van der Waals surface area contributed by atoms with Gasteiger partial charge >= 0.3 is 5.97 Å². The zero-order valence-electron chi connectivity index (χ0n) is 7.32. The van der Waals surface area contributed by atoms with Crippen molar-refractivity contribution >= 4 is 11.9 Å². The lowest BCUT2D eigenvalue weighted by Crippen LogP contribution is -2.31. The maximum Gasteiger partial charge on any atom is 0.328 e. The molecule has 2 N–H and O–H groups in total. The highest BCUT2D eigenvalue weighted by Gasteiger charge is 2.17. The number of hydrogen-bond acceptors (Lipinski definition) is 2. The first-order valence-electron chi connectivity index (χ1n) is 4.37. The third-order valence-electron chi connectivity index (χ3n) is 2.17. The first-order chi connectivity index (χ1) is 6.18. The lowest BCUT2D eigenvalue weighted by Gasteiger charge is -2.24. The summed E-state index contributed by atoms with van der Waals surface area (Å²) in [4.78, 5) is 21.0. The van der Waals surface area contributed by atoms with Crippen LogP contribution in [0.3, 0.4) is 0 Å². The first-order valence-corrected chi connectivity index (χ1v) is 4.37. The molecule has 1 aliphatic rings. The van der Waals surface area contributed by atoms with Crippen molar-refractivity contribution in [1.82, 2.24) is 5.32 Å². The van der Waals surface area contributed by atoms with Crippen LogP contribution >= 0.6 is 0 Å². The molecule has 4 nitrogen and oxygen atoms in total. The van der Waals surface area contributed by atoms with Crippen LogP contribution in [0.2, 0.25) is 0 Å². The second-order valence-electron chi connectivity index (χ2n) is 3.21. The van der Waals surface area contributed by atoms with Crippen LogP contribution in [0.5, 0.6) is 0 Å². The molecule has 0 aliphatic heterocycles. The minimum absolute atomic E-state index is 0.325. The Balaban J connectivity index is 2.13. The highest BCUT2D eigenvalue weighted by molar-refractivity contribution is 5.93. The number of amides is 1. The molecule has 4 heteroatoms. The minimum Gasteiger partial charge on any atom is -0.478 e. The Morgan fingerprint density at radius 1 is 1.38 bits per heavy atom. The monoisotopic (exact) mass is 183 g/mol. The van der Waals surface area contributed by atoms with Crippen LogP contribution in [-0.4, -0.2) is 23.5 Å². The van der Waals surface area contributed by atoms with Crippen molar-refractivity contribution < 1.29 is 14.7 Å². The number of aliphatic carboxylic acids is 1. The van der Waals surface area contributed by atoms with Crippen LogP contribution in [0, 0.1) is 5.92 Å². The zero-order chi connectivity index (χ0) is 9.68. The maximum atomic E-state index is 10.9. The third-order valence-corrected chi connectivity index (χ3v) is 2.17. The number of carbonyl (C=O) groups is 2. The average molecular weight is 183 g/mol. The number of carbonyl (C=O) groups excluding carboxylic acids is 1. The Labute approximate surface area is 76.6 Å². The Morgan fingerprint density at radius 2 is 2.08 bits per heavy atom. The lowest BCUT2D eigenvalue weighted by molar-refractivity contribution is -0.131. The second kappa shape index (κ2) is 4.64. The molecule has 72 valence electrons. The van der Waals surface area contributed by atoms with Crippen molar-refractivity contribution in [2.75, 3.05) is 6.54 Å². The number of hydrogen-bond donors (Lipinski definition) is 2. The smallest absolute Gasteiger partial charge is 0.328 e. The van der Waals surface area contributed by atoms with E-state index in [9.17, 15) is 9.59 Å². The fraction of sp³-hybridized carbons (Fsp3) is 0.556. The van der Waals surface area contributed by atoms with Gasteiger partial charge in [-0.3, -0.25) is 4.79 Å². The van der Waals surface area contributed by atoms with Crippen LogP contribution in [0.15, 0.2) is 12.2 Å². The number of carboxylic acids is 1. The van der Waals surface area contributed by atoms with Crippen molar-refractivity contribution in [2.24, 2.45) is 5.92 Å². The van der Waals surface area contributed by atoms with E-state index in [0.29, 0.717) is 12.5 Å². The molecule has 0 heterocycles. The molecule has 1 rings (SSSR count). The SMILES string of the molecule is O=C(O)/C=C/C(=O)NCC1CCC1. The molecule has 0 aromatic heterocycles. The number of rotatable bonds is 4. The minimum atomic E-state index is -1.10. The molecular weight excluding hydrogens is 170 g/mol. The van der Waals surface area contributed by atoms with Gasteiger partial charge in [0.2, 0.25) is 5.91 Å². The summed E-state index contributed by atoms with van der Waals surface area (Å²) in [7, 11) is 0. The van der Waals surface area contributed by atoms with E-state index in [1.165, 1.54) is 19.3 Å². The number of nitrogens with one attached hydrogen (secondary N) is 1. The van der Waals surface area contributed by atoms with Crippen molar-refractivity contribution in [3.05, 3.63) is 12.2 Å². The van der Waals surface area contributed by atoms with Crippen LogP contribution in [0.4, 0.5) is 0 Å². The van der Waals surface area contributed by atoms with E-state index in [2.05, 4.69) is 5.32 Å². The van der Waals surface area contributed by atoms with Crippen LogP contribution in [-0.2, 0) is 9.59 Å². The predicted octanol–water partition coefficient (Wildman–Crippen LogP) is 0.543. The van der Waals surface area contributed by atoms with Crippen LogP contribution < -0.4 is 5.32 Å². The summed E-state index contributed by atoms with van der Waals surface area (Å²) in [6.45, 7) is 0.669. The van der Waals surface area contributed by atoms with E-state index in [0.717, 1.165) is 12.2 Å². The first kappa shape index (κ1) is 9.77. The Kier molecular flexibility index (Phi) is 3.49. The molecule has 13 heavy (non-hydrogen) atoms. The van der Waals surface area contributed by atoms with Crippen LogP contribution in [0.1, 0.15) is 19.3 Å². The summed E-state index contributed by atoms with van der Waals surface area (Å²) in [6.07, 6.45) is 5.47. The molecule has 0 saturated heterocycles. The average Bonchev–Trinajstić information content (AvgIpc) is 1.98. The molecule has 0 spiro atoms. The summed E-state index contributed by atoms with van der Waals surface area (Å²) >= 11 is 0. The molecule has 0 unspecified atom stereocenters. The van der Waals surface area contributed by atoms with Gasteiger partial charge in [-0.25, -0.2) is 4.79 Å². The van der Waals surface area contributed by atoms with Gasteiger partial charge in [-0.05, 0) is 18.8 Å². The molecular formula is C9H13NO3. The summed E-state index contributed by atoms with van der Waals surface area (Å²) in [5, 5.41) is 10.9. The normalized spacial score (nSPS) is 16.9. The van der Waals surface area contributed by atoms with E-state index in [1.807, 2.05) is 0 Å². The lowest BCUT2D eigenvalue weighted by atomic mass is 9.85. The fourth-order valence-electron chi connectivity index (χ4n) is 1.15. The molecule has 0 bridgehead atoms. The second-order valence-corrected chi connectivity index (χ2v) is 3.21. The Bertz CT molecular complexity index is 231. The summed E-state index contributed by atoms with van der Waals surface area (Å²) in [5.41, 5.74) is 0. The fourth-order valence-corrected chi connectivity index (χ4v) is 1.15. The Morgan fingerprint density at radius 3 is 2.54 bits per heavy atom. The predicted molar refractivity (Wildman–Crippen MR) is 47.1 cm³/mol. The molecule has 1 fully saturated rings. The third kappa shape index (κ3) is 3.73. The quantitative estimate of drug-likeness (QED) is 0.625. The van der Waals surface area contributed by atoms with E-state index >= 15 is 0 Å². The van der Waals surface area contributed by atoms with Crippen molar-refractivity contribution in [1.29, 1.82) is 0 Å². The van der Waals surface area contributed by atoms with E-state index in [1.54, 1.807) is 0 Å². The summed E-state index contributed by atoms with van der Waals surface area (Å²) in [5.74, 6) is -0.824. The Hall–Kier alpha value is -1.32. The molecule has 0 radical (unpaired) electrons. The van der Waals surface area contributed by atoms with Crippen molar-refractivity contribution in [3.63, 3.8) is 0 Å². The van der Waals surface area contributed by atoms with Gasteiger partial charge in [-0.15, -0.1) is 0 Å². The summed E-state index contributed by atoms with van der Waals surface area (Å²) < 4.78 is 0. The van der Waals surface area contributed by atoms with Gasteiger partial charge in [0.1, 0.15) is 0 Å². The largest absolute Gasteiger partial charge is 0.478 e. The standard InChI is InChI=1S/C9H13NO3/c11-8(4-5-9(12)13)10-6-7-2-1-3-7/h4-5,7H,1-3,6H2,(H,10,11)(H,12,13)/b5-4+. The highest BCUT2D eigenvalue weighted by atomic mass is 16.4. The van der Waals surface area contributed by atoms with Gasteiger partial charge in [0.15, 0.2) is 0 Å². The highest BCUT2D eigenvalue weighted by Crippen LogP contribution is 2.24. The van der Waals surface area contributed by atoms with E-state index in [4.69, 9.17) is 5.11 Å². The zero-order valence-corrected chi connectivity index (χ0v) is 7.32. The van der Waals surface area contributed by atoms with E-state index < -0.39 is 5.97 Å². The molecule has 0 aromatic carbocycles. The van der Waals surface area contributed by atoms with Gasteiger partial charge in [-0.1, -0.05) is 6.42 Å².